The molecule has 63 heavy (non-hydrogen) atoms. The highest BCUT2D eigenvalue weighted by Gasteiger charge is 2.20. The quantitative estimate of drug-likeness (QED) is 0.168. The highest BCUT2D eigenvalue weighted by atomic mass is 15.0. The highest BCUT2D eigenvalue weighted by molar-refractivity contribution is 6.19. The van der Waals surface area contributed by atoms with E-state index in [4.69, 9.17) is 15.0 Å². The van der Waals surface area contributed by atoms with Gasteiger partial charge < -0.3 is 13.7 Å². The Morgan fingerprint density at radius 2 is 0.571 bits per heavy atom. The molecule has 0 radical (unpaired) electrons. The van der Waals surface area contributed by atoms with Crippen LogP contribution in [-0.2, 0) is 0 Å². The van der Waals surface area contributed by atoms with E-state index in [1.165, 1.54) is 43.4 Å². The van der Waals surface area contributed by atoms with E-state index in [-0.39, 0.29) is 0 Å². The fourth-order valence-corrected chi connectivity index (χ4v) is 9.66. The average molecular weight is 805 g/mol. The van der Waals surface area contributed by atoms with Gasteiger partial charge in [0.2, 0.25) is 0 Å². The van der Waals surface area contributed by atoms with E-state index in [0.29, 0.717) is 17.5 Å². The van der Waals surface area contributed by atoms with Gasteiger partial charge in [0.15, 0.2) is 17.5 Å². The minimum atomic E-state index is 0.616. The second-order valence-corrected chi connectivity index (χ2v) is 16.1. The summed E-state index contributed by atoms with van der Waals surface area (Å²) in [7, 11) is 0. The van der Waals surface area contributed by atoms with Gasteiger partial charge in [-0.25, -0.2) is 15.0 Å². The molecule has 4 heterocycles. The first-order chi connectivity index (χ1) is 31.2. The molecule has 6 heteroatoms. The second kappa shape index (κ2) is 14.0. The lowest BCUT2D eigenvalue weighted by atomic mass is 10.1. The van der Waals surface area contributed by atoms with Crippen LogP contribution in [0, 0.1) is 0 Å². The smallest absolute Gasteiger partial charge is 0.164 e. The predicted octanol–water partition coefficient (Wildman–Crippen LogP) is 14.2. The Morgan fingerprint density at radius 3 is 1.08 bits per heavy atom. The van der Waals surface area contributed by atoms with Crippen LogP contribution in [0.4, 0.5) is 0 Å². The van der Waals surface area contributed by atoms with E-state index in [0.717, 1.165) is 55.8 Å². The lowest BCUT2D eigenvalue weighted by Gasteiger charge is -2.12. The van der Waals surface area contributed by atoms with Gasteiger partial charge in [-0.2, -0.15) is 0 Å². The molecule has 0 spiro atoms. The monoisotopic (exact) mass is 804 g/mol. The normalized spacial score (nSPS) is 11.8. The van der Waals surface area contributed by atoms with Crippen LogP contribution in [0.25, 0.3) is 117 Å². The fraction of sp³-hybridized carbons (Fsp3) is 0. The van der Waals surface area contributed by atoms with Crippen molar-refractivity contribution in [3.63, 3.8) is 0 Å². The third-order valence-corrected chi connectivity index (χ3v) is 12.5. The summed E-state index contributed by atoms with van der Waals surface area (Å²) in [6.07, 6.45) is 0. The molecule has 0 amide bonds. The molecule has 6 nitrogen and oxygen atoms in total. The number of hydrogen-bond donors (Lipinski definition) is 0. The summed E-state index contributed by atoms with van der Waals surface area (Å²) in [5, 5.41) is 7.31. The summed E-state index contributed by atoms with van der Waals surface area (Å²) in [6.45, 7) is 0. The van der Waals surface area contributed by atoms with Crippen molar-refractivity contribution in [3.8, 4) is 51.2 Å². The van der Waals surface area contributed by atoms with Crippen molar-refractivity contribution < 1.29 is 0 Å². The summed E-state index contributed by atoms with van der Waals surface area (Å²) in [5.74, 6) is 1.86. The maximum Gasteiger partial charge on any atom is 0.164 e. The first kappa shape index (κ1) is 35.2. The molecule has 0 fully saturated rings. The lowest BCUT2D eigenvalue weighted by Crippen LogP contribution is -2.01. The van der Waals surface area contributed by atoms with E-state index in [9.17, 15) is 0 Å². The summed E-state index contributed by atoms with van der Waals surface area (Å²) >= 11 is 0. The maximum absolute atomic E-state index is 5.19. The van der Waals surface area contributed by atoms with Crippen LogP contribution in [0.1, 0.15) is 0 Å². The molecule has 4 aromatic heterocycles. The number of nitrogens with zero attached hydrogens (tertiary/aromatic N) is 6. The Hall–Kier alpha value is -8.61. The number of benzene rings is 9. The van der Waals surface area contributed by atoms with Crippen LogP contribution in [0.15, 0.2) is 218 Å². The molecule has 0 unspecified atom stereocenters. The molecule has 9 aromatic carbocycles. The zero-order chi connectivity index (χ0) is 41.4. The molecule has 0 atom stereocenters. The van der Waals surface area contributed by atoms with Gasteiger partial charge in [-0.15, -0.1) is 0 Å². The average Bonchev–Trinajstić information content (AvgIpc) is 3.99. The topological polar surface area (TPSA) is 53.5 Å². The minimum Gasteiger partial charge on any atom is -0.309 e. The van der Waals surface area contributed by atoms with Crippen LogP contribution >= 0.6 is 0 Å². The molecule has 0 saturated heterocycles. The molecule has 0 N–H and O–H groups in total. The van der Waals surface area contributed by atoms with Crippen molar-refractivity contribution in [3.05, 3.63) is 218 Å². The standard InChI is InChI=1S/C57H36N6/c1-3-16-37(17-4-1)55-58-56(60-57(59-55)39-18-15-21-42(34-39)63-49-26-11-7-22-43(49)44-23-8-12-27-50(44)63)38-30-32-41(33-31-38)62-52-29-14-10-25-46(52)48-35-53-47(36-54(48)62)45-24-9-13-28-51(45)61(53)40-19-5-2-6-20-40/h1-36H. The first-order valence-electron chi connectivity index (χ1n) is 21.3. The van der Waals surface area contributed by atoms with E-state index < -0.39 is 0 Å². The zero-order valence-corrected chi connectivity index (χ0v) is 34.0. The summed E-state index contributed by atoms with van der Waals surface area (Å²) in [6, 6.07) is 77.3. The Morgan fingerprint density at radius 1 is 0.222 bits per heavy atom. The Kier molecular flexibility index (Phi) is 7.80. The molecule has 13 rings (SSSR count). The summed E-state index contributed by atoms with van der Waals surface area (Å²) in [5.41, 5.74) is 13.0. The fourth-order valence-electron chi connectivity index (χ4n) is 9.66. The molecule has 0 bridgehead atoms. The van der Waals surface area contributed by atoms with E-state index in [2.05, 4.69) is 214 Å². The molecule has 294 valence electrons. The van der Waals surface area contributed by atoms with Crippen molar-refractivity contribution in [2.45, 2.75) is 0 Å². The molecule has 0 aliphatic heterocycles. The number of rotatable bonds is 6. The molecule has 0 aliphatic carbocycles. The summed E-state index contributed by atoms with van der Waals surface area (Å²) < 4.78 is 7.10. The van der Waals surface area contributed by atoms with Crippen molar-refractivity contribution in [1.29, 1.82) is 0 Å². The minimum absolute atomic E-state index is 0.616. The molecule has 0 saturated carbocycles. The third-order valence-electron chi connectivity index (χ3n) is 12.5. The Labute approximate surface area is 362 Å². The SMILES string of the molecule is c1ccc(-c2nc(-c3ccc(-n4c5ccccc5c5cc6c(cc54)c4ccccc4n6-c4ccccc4)cc3)nc(-c3cccc(-n4c5ccccc5c5ccccc54)c3)n2)cc1. The van der Waals surface area contributed by atoms with Crippen LogP contribution in [0.5, 0.6) is 0 Å². The van der Waals surface area contributed by atoms with Gasteiger partial charge in [0.25, 0.3) is 0 Å². The number of fused-ring (bicyclic) bond motifs is 9. The Balaban J connectivity index is 0.956. The molecular formula is C57H36N6. The molecule has 13 aromatic rings. The van der Waals surface area contributed by atoms with E-state index in [1.54, 1.807) is 0 Å². The maximum atomic E-state index is 5.19. The highest BCUT2D eigenvalue weighted by Crippen LogP contribution is 2.40. The van der Waals surface area contributed by atoms with Gasteiger partial charge in [0.1, 0.15) is 0 Å². The van der Waals surface area contributed by atoms with Gasteiger partial charge in [-0.1, -0.05) is 133 Å². The van der Waals surface area contributed by atoms with Gasteiger partial charge in [-0.05, 0) is 84.9 Å². The number of hydrogen-bond acceptors (Lipinski definition) is 3. The zero-order valence-electron chi connectivity index (χ0n) is 34.0. The lowest BCUT2D eigenvalue weighted by molar-refractivity contribution is 1.07. The van der Waals surface area contributed by atoms with Crippen molar-refractivity contribution in [2.75, 3.05) is 0 Å². The summed E-state index contributed by atoms with van der Waals surface area (Å²) in [4.78, 5) is 15.4. The van der Waals surface area contributed by atoms with Gasteiger partial charge >= 0.3 is 0 Å². The van der Waals surface area contributed by atoms with Crippen molar-refractivity contribution >= 4 is 65.4 Å². The van der Waals surface area contributed by atoms with Crippen LogP contribution in [0.3, 0.4) is 0 Å². The van der Waals surface area contributed by atoms with Crippen LogP contribution in [0.2, 0.25) is 0 Å². The van der Waals surface area contributed by atoms with Crippen LogP contribution < -0.4 is 0 Å². The van der Waals surface area contributed by atoms with Crippen molar-refractivity contribution in [1.82, 2.24) is 28.7 Å². The first-order valence-corrected chi connectivity index (χ1v) is 21.3. The third kappa shape index (κ3) is 5.55. The van der Waals surface area contributed by atoms with E-state index in [1.807, 2.05) is 18.2 Å². The number of para-hydroxylation sites is 5. The second-order valence-electron chi connectivity index (χ2n) is 16.1. The predicted molar refractivity (Wildman–Crippen MR) is 259 cm³/mol. The van der Waals surface area contributed by atoms with Gasteiger partial charge in [-0.3, -0.25) is 0 Å². The molecular weight excluding hydrogens is 769 g/mol. The molecule has 0 aliphatic rings. The largest absolute Gasteiger partial charge is 0.309 e. The Bertz CT molecular complexity index is 3840. The van der Waals surface area contributed by atoms with E-state index >= 15 is 0 Å². The van der Waals surface area contributed by atoms with Crippen LogP contribution in [-0.4, -0.2) is 28.7 Å². The van der Waals surface area contributed by atoms with Gasteiger partial charge in [0, 0.05) is 66.1 Å². The van der Waals surface area contributed by atoms with Gasteiger partial charge in [0.05, 0.1) is 33.1 Å². The number of aromatic nitrogens is 6. The van der Waals surface area contributed by atoms with Crippen molar-refractivity contribution in [2.24, 2.45) is 0 Å².